The molecule has 652 valence electrons. The van der Waals surface area contributed by atoms with Crippen molar-refractivity contribution in [3.63, 3.8) is 0 Å². The van der Waals surface area contributed by atoms with Gasteiger partial charge in [-0.2, -0.15) is 33.7 Å². The van der Waals surface area contributed by atoms with E-state index >= 15 is 0 Å². The number of furan rings is 2. The second-order valence-electron chi connectivity index (χ2n) is 27.9. The van der Waals surface area contributed by atoms with Crippen LogP contribution in [0.3, 0.4) is 0 Å². The molecular formula is C71H82Cl2N16O26S6. The molecule has 8 heterocycles. The van der Waals surface area contributed by atoms with Crippen LogP contribution in [0.2, 0.25) is 8.67 Å². The summed E-state index contributed by atoms with van der Waals surface area (Å²) in [4.78, 5) is 97.1. The standard InChI is InChI=1S/C22H21ClN4O6S2.C17H22N4O7S.C16H19ClN4O6S2.C16H20N4O7S/c23-21-15(19(29)12-4-2-1-3-5-12)8-18(34-21)20(30)16-9-25-11-26-22(16)27-14-6-13(17(28)7-14)10-33-35(24,31)32;1-26-8-12-2-3-15(28-12)16(23)13-6-19-9-20-17(13)21-11-4-10(14(22)5-11)7-27-29(18,24)25;17-15-8(5-22)2-13(28-15)14(24)11-4-19-7-20-16(11)21-10-1-9(12(23)3-10)6-27-29(18,25)26;17-28(24,25)27-7-10-2-11(3-13(10)22)20-16-12(4-18-8-19-16)15(23)14-1-9(5-21)6-26-14/h1-5,8-9,11,13-14,17,28H,6-7,10H2,(H2,24,31,32)(H,25,26,27);2-3,6,9-11,14,22H,4-5,7-8H2,1H3,(H2,18,24,25)(H,19,20,21);2,4,7,9-10,12,22-23H,1,3,5-6H2,(H2,18,25,26)(H,19,20,21);1,4,6,8,10-11,13,21-22H,2-3,5,7H2,(H2,17,24,25)(H,18,19,20)/t13-,14-,17+;10-,11-,14+;9-,10-,12+;10-,11-,13+/m1111/s1. The Balaban J connectivity index is 0.000000170. The molecule has 0 aliphatic heterocycles. The molecule has 8 aromatic heterocycles. The van der Waals surface area contributed by atoms with E-state index in [1.807, 2.05) is 0 Å². The van der Waals surface area contributed by atoms with Crippen LogP contribution in [0.25, 0.3) is 0 Å². The Morgan fingerprint density at radius 1 is 0.463 bits per heavy atom. The first-order valence-electron chi connectivity index (χ1n) is 36.2. The third-order valence-corrected chi connectivity index (χ3v) is 23.8. The lowest BCUT2D eigenvalue weighted by Crippen LogP contribution is -2.24. The first kappa shape index (κ1) is 94.1. The lowest BCUT2D eigenvalue weighted by molar-refractivity contribution is 0.0994. The molecule has 42 nitrogen and oxygen atoms in total. The smallest absolute Gasteiger partial charge is 0.333 e. The van der Waals surface area contributed by atoms with Crippen LogP contribution < -0.4 is 41.8 Å². The van der Waals surface area contributed by atoms with Crippen molar-refractivity contribution in [2.45, 2.75) is 120 Å². The zero-order valence-electron chi connectivity index (χ0n) is 63.4. The van der Waals surface area contributed by atoms with Crippen LogP contribution in [0.5, 0.6) is 0 Å². The zero-order valence-corrected chi connectivity index (χ0v) is 69.9. The molecule has 0 spiro atoms. The van der Waals surface area contributed by atoms with Crippen molar-refractivity contribution in [2.75, 3.05) is 54.8 Å². The number of ketones is 5. The van der Waals surface area contributed by atoms with Gasteiger partial charge in [-0.1, -0.05) is 53.5 Å². The number of benzene rings is 1. The Kier molecular flexibility index (Phi) is 32.9. The predicted molar refractivity (Wildman–Crippen MR) is 431 cm³/mol. The summed E-state index contributed by atoms with van der Waals surface area (Å²) in [6, 6.07) is 15.1. The maximum absolute atomic E-state index is 13.3. The van der Waals surface area contributed by atoms with E-state index in [4.69, 9.17) is 62.4 Å². The minimum Gasteiger partial charge on any atom is -0.460 e. The van der Waals surface area contributed by atoms with E-state index in [0.29, 0.717) is 82.4 Å². The molecule has 9 aromatic rings. The molecule has 4 fully saturated rings. The number of aliphatic hydroxyl groups is 6. The molecule has 50 heteroatoms. The van der Waals surface area contributed by atoms with Gasteiger partial charge in [-0.25, -0.2) is 60.4 Å². The van der Waals surface area contributed by atoms with Gasteiger partial charge in [-0.05, 0) is 81.7 Å². The fourth-order valence-electron chi connectivity index (χ4n) is 13.4. The lowest BCUT2D eigenvalue weighted by atomic mass is 10.0. The number of carbonyl (C=O) groups excluding carboxylic acids is 5. The highest BCUT2D eigenvalue weighted by Gasteiger charge is 2.40. The van der Waals surface area contributed by atoms with E-state index in [1.54, 1.807) is 42.5 Å². The normalized spacial score (nSPS) is 21.5. The van der Waals surface area contributed by atoms with Gasteiger partial charge in [0.2, 0.25) is 23.1 Å². The largest absolute Gasteiger partial charge is 0.460 e. The molecule has 1 aromatic carbocycles. The molecule has 4 aliphatic rings. The molecular weight excluding hydrogens is 1760 g/mol. The van der Waals surface area contributed by atoms with Crippen LogP contribution >= 0.6 is 45.9 Å². The van der Waals surface area contributed by atoms with Gasteiger partial charge in [-0.15, -0.1) is 22.7 Å². The molecule has 13 rings (SSSR count). The van der Waals surface area contributed by atoms with Crippen molar-refractivity contribution < 1.29 is 119 Å². The van der Waals surface area contributed by atoms with Crippen LogP contribution in [-0.2, 0) is 82.5 Å². The first-order chi connectivity index (χ1) is 57.3. The zero-order chi connectivity index (χ0) is 87.7. The van der Waals surface area contributed by atoms with Gasteiger partial charge in [0.15, 0.2) is 17.3 Å². The van der Waals surface area contributed by atoms with Gasteiger partial charge in [0.25, 0.3) is 0 Å². The number of nitrogens with one attached hydrogen (secondary N) is 4. The van der Waals surface area contributed by atoms with Crippen LogP contribution in [0.4, 0.5) is 23.3 Å². The number of aromatic nitrogens is 8. The number of thiophene rings is 2. The third-order valence-electron chi connectivity index (χ3n) is 19.2. The summed E-state index contributed by atoms with van der Waals surface area (Å²) < 4.78 is 122. The summed E-state index contributed by atoms with van der Waals surface area (Å²) in [6.07, 6.45) is 11.5. The summed E-state index contributed by atoms with van der Waals surface area (Å²) >= 11 is 14.4. The van der Waals surface area contributed by atoms with Crippen molar-refractivity contribution in [1.29, 1.82) is 0 Å². The number of nitrogens with zero attached hydrogens (tertiary/aromatic N) is 8. The predicted octanol–water partition coefficient (Wildman–Crippen LogP) is 2.89. The molecule has 0 amide bonds. The van der Waals surface area contributed by atoms with Crippen molar-refractivity contribution in [3.05, 3.63) is 197 Å². The van der Waals surface area contributed by atoms with Crippen molar-refractivity contribution in [1.82, 2.24) is 39.9 Å². The van der Waals surface area contributed by atoms with Crippen LogP contribution in [-0.4, -0.2) is 215 Å². The Labute approximate surface area is 709 Å². The van der Waals surface area contributed by atoms with Crippen LogP contribution in [0.1, 0.15) is 147 Å². The second kappa shape index (κ2) is 42.3. The fourth-order valence-corrected chi connectivity index (χ4v) is 17.3. The SMILES string of the molecule is COCc1ccc(C(=O)c2cncnc2N[C@@H]2C[C@H](COS(N)(=O)=O)[C@@H](O)C2)o1.NS(=O)(=O)OC[C@H]1C[C@@H](Nc2ncncc2C(=O)c2cc(C(=O)c3ccccc3)c(Cl)s2)C[C@@H]1O.NS(=O)(=O)OC[C@H]1C[C@@H](Nc2ncncc2C(=O)c2cc(CO)c(Cl)s2)C[C@@H]1O.NS(=O)(=O)OC[C@H]1C[C@@H](Nc2ncncc2C(=O)c2cc(CO)co2)C[C@@H]1O. The Morgan fingerprint density at radius 2 is 0.826 bits per heavy atom. The number of halogens is 2. The Morgan fingerprint density at radius 3 is 1.17 bits per heavy atom. The number of rotatable bonds is 34. The monoisotopic (exact) mass is 1840 g/mol. The first-order valence-corrected chi connectivity index (χ1v) is 44.5. The van der Waals surface area contributed by atoms with Crippen molar-refractivity contribution >= 4 is 139 Å². The number of hydrogen-bond acceptors (Lipinski definition) is 40. The van der Waals surface area contributed by atoms with E-state index in [1.165, 1.54) is 81.7 Å². The number of anilines is 4. The molecule has 0 bridgehead atoms. The summed E-state index contributed by atoms with van der Waals surface area (Å²) in [5.41, 5.74) is 2.38. The van der Waals surface area contributed by atoms with E-state index < -0.39 is 107 Å². The van der Waals surface area contributed by atoms with Gasteiger partial charge < -0.3 is 65.5 Å². The highest BCUT2D eigenvalue weighted by Crippen LogP contribution is 2.38. The quantitative estimate of drug-likeness (QED) is 0.0258. The van der Waals surface area contributed by atoms with Gasteiger partial charge in [0.1, 0.15) is 65.3 Å². The average Bonchev–Trinajstić information content (AvgIpc) is 1.69. The molecule has 0 unspecified atom stereocenters. The number of ether oxygens (including phenoxy) is 1. The van der Waals surface area contributed by atoms with E-state index in [-0.39, 0.29) is 154 Å². The highest BCUT2D eigenvalue weighted by molar-refractivity contribution is 7.85. The lowest BCUT2D eigenvalue weighted by Gasteiger charge is -2.15. The summed E-state index contributed by atoms with van der Waals surface area (Å²) in [5.74, 6) is -1.93. The van der Waals surface area contributed by atoms with E-state index in [9.17, 15) is 83.2 Å². The van der Waals surface area contributed by atoms with Crippen molar-refractivity contribution in [3.8, 4) is 0 Å². The molecule has 12 atom stereocenters. The Hall–Kier alpha value is -9.17. The summed E-state index contributed by atoms with van der Waals surface area (Å²) in [5, 5.41) is 90.8. The molecule has 4 saturated carbocycles. The second-order valence-corrected chi connectivity index (χ2v) is 36.1. The van der Waals surface area contributed by atoms with Crippen LogP contribution in [0, 0.1) is 23.7 Å². The van der Waals surface area contributed by atoms with Gasteiger partial charge in [-0.3, -0.25) is 40.7 Å². The number of nitrogens with two attached hydrogens (primary N) is 4. The number of aliphatic hydroxyl groups excluding tert-OH is 6. The molecule has 121 heavy (non-hydrogen) atoms. The number of carbonyl (C=O) groups is 5. The highest BCUT2D eigenvalue weighted by atomic mass is 35.5. The van der Waals surface area contributed by atoms with E-state index in [2.05, 4.69) is 77.9 Å². The van der Waals surface area contributed by atoms with Gasteiger partial charge in [0, 0.05) is 96.4 Å². The maximum Gasteiger partial charge on any atom is 0.333 e. The minimum absolute atomic E-state index is 0.0350. The minimum atomic E-state index is -4.12. The van der Waals surface area contributed by atoms with Gasteiger partial charge in [0.05, 0.1) is 112 Å². The fraction of sp³-hybridized carbons (Fsp3) is 0.394. The number of methoxy groups -OCH3 is 1. The molecule has 0 radical (unpaired) electrons. The summed E-state index contributed by atoms with van der Waals surface area (Å²) in [6.45, 7) is -1.22. The topological polar surface area (TPSA) is 671 Å². The average molecular weight is 1840 g/mol. The van der Waals surface area contributed by atoms with E-state index in [0.717, 1.165) is 22.7 Å². The molecule has 0 saturated heterocycles. The Bertz CT molecular complexity index is 5600. The molecule has 4 aliphatic carbocycles. The number of hydrogen-bond donors (Lipinski definition) is 14. The van der Waals surface area contributed by atoms with Gasteiger partial charge >= 0.3 is 41.2 Å². The third kappa shape index (κ3) is 27.2. The van der Waals surface area contributed by atoms with Crippen LogP contribution in [0.15, 0.2) is 126 Å². The van der Waals surface area contributed by atoms with Crippen molar-refractivity contribution in [2.24, 2.45) is 44.2 Å². The molecule has 18 N–H and O–H groups in total. The maximum atomic E-state index is 13.3. The summed E-state index contributed by atoms with van der Waals surface area (Å²) in [7, 11) is -14.8.